The van der Waals surface area contributed by atoms with Gasteiger partial charge in [0.1, 0.15) is 0 Å². The number of fused-ring (bicyclic) bond motifs is 1. The van der Waals surface area contributed by atoms with Gasteiger partial charge in [-0.2, -0.15) is 0 Å². The fourth-order valence-corrected chi connectivity index (χ4v) is 3.38. The van der Waals surface area contributed by atoms with Crippen LogP contribution in [0.3, 0.4) is 0 Å². The SMILES string of the molecule is CCN(CCO)C(=O)CC1Sc2ccc(Cl)cc2NC1=O. The molecular weight excluding hydrogens is 312 g/mol. The molecule has 0 bridgehead atoms. The third-order valence-corrected chi connectivity index (χ3v) is 4.74. The fraction of sp³-hybridized carbons (Fsp3) is 0.429. The van der Waals surface area contributed by atoms with Crippen LogP contribution in [-0.2, 0) is 9.59 Å². The summed E-state index contributed by atoms with van der Waals surface area (Å²) in [5.74, 6) is -0.320. The molecule has 0 aromatic heterocycles. The summed E-state index contributed by atoms with van der Waals surface area (Å²) in [6, 6.07) is 5.29. The number of thioether (sulfide) groups is 1. The molecule has 114 valence electrons. The van der Waals surface area contributed by atoms with Gasteiger partial charge in [-0.3, -0.25) is 9.59 Å². The van der Waals surface area contributed by atoms with Gasteiger partial charge in [0, 0.05) is 29.4 Å². The predicted octanol–water partition coefficient (Wildman–Crippen LogP) is 1.98. The smallest absolute Gasteiger partial charge is 0.238 e. The van der Waals surface area contributed by atoms with E-state index in [-0.39, 0.29) is 24.8 Å². The number of amides is 2. The molecule has 1 aromatic carbocycles. The molecule has 0 fully saturated rings. The normalized spacial score (nSPS) is 17.1. The highest BCUT2D eigenvalue weighted by molar-refractivity contribution is 8.01. The van der Waals surface area contributed by atoms with Crippen LogP contribution in [0.15, 0.2) is 23.1 Å². The molecule has 1 aromatic rings. The first kappa shape index (κ1) is 16.1. The Morgan fingerprint density at radius 2 is 2.29 bits per heavy atom. The van der Waals surface area contributed by atoms with Crippen molar-refractivity contribution in [1.29, 1.82) is 0 Å². The third-order valence-electron chi connectivity index (χ3n) is 3.23. The second-order valence-electron chi connectivity index (χ2n) is 4.64. The number of hydrogen-bond acceptors (Lipinski definition) is 4. The standard InChI is InChI=1S/C14H17ClN2O3S/c1-2-17(5-6-18)13(19)8-12-14(20)16-10-7-9(15)3-4-11(10)21-12/h3-4,7,12,18H,2,5-6,8H2,1H3,(H,16,20). The zero-order valence-corrected chi connectivity index (χ0v) is 13.2. The maximum atomic E-state index is 12.1. The molecule has 7 heteroatoms. The van der Waals surface area contributed by atoms with E-state index in [0.717, 1.165) is 4.90 Å². The number of nitrogens with one attached hydrogen (secondary N) is 1. The van der Waals surface area contributed by atoms with Crippen molar-refractivity contribution < 1.29 is 14.7 Å². The summed E-state index contributed by atoms with van der Waals surface area (Å²) >= 11 is 7.26. The van der Waals surface area contributed by atoms with Crippen molar-refractivity contribution in [3.8, 4) is 0 Å². The Labute approximate surface area is 132 Å². The largest absolute Gasteiger partial charge is 0.395 e. The van der Waals surface area contributed by atoms with Crippen LogP contribution in [-0.4, -0.2) is 46.8 Å². The first-order valence-electron chi connectivity index (χ1n) is 6.70. The Morgan fingerprint density at radius 3 is 2.95 bits per heavy atom. The highest BCUT2D eigenvalue weighted by Crippen LogP contribution is 2.38. The summed E-state index contributed by atoms with van der Waals surface area (Å²) in [7, 11) is 0. The van der Waals surface area contributed by atoms with Crippen LogP contribution in [0.1, 0.15) is 13.3 Å². The molecule has 0 radical (unpaired) electrons. The Hall–Kier alpha value is -1.24. The quantitative estimate of drug-likeness (QED) is 0.867. The first-order valence-corrected chi connectivity index (χ1v) is 7.96. The van der Waals surface area contributed by atoms with E-state index in [4.69, 9.17) is 16.7 Å². The van der Waals surface area contributed by atoms with E-state index in [0.29, 0.717) is 23.8 Å². The Kier molecular flexibility index (Phi) is 5.50. The van der Waals surface area contributed by atoms with E-state index >= 15 is 0 Å². The Bertz CT molecular complexity index is 553. The summed E-state index contributed by atoms with van der Waals surface area (Å²) in [6.45, 7) is 2.58. The number of benzene rings is 1. The van der Waals surface area contributed by atoms with Crippen LogP contribution in [0.5, 0.6) is 0 Å². The highest BCUT2D eigenvalue weighted by atomic mass is 35.5. The van der Waals surface area contributed by atoms with E-state index in [1.807, 2.05) is 13.0 Å². The molecule has 1 aliphatic rings. The number of likely N-dealkylation sites (N-methyl/N-ethyl adjacent to an activating group) is 1. The average molecular weight is 329 g/mol. The highest BCUT2D eigenvalue weighted by Gasteiger charge is 2.30. The fourth-order valence-electron chi connectivity index (χ4n) is 2.12. The van der Waals surface area contributed by atoms with Gasteiger partial charge in [-0.15, -0.1) is 11.8 Å². The number of anilines is 1. The van der Waals surface area contributed by atoms with Crippen molar-refractivity contribution in [1.82, 2.24) is 4.90 Å². The van der Waals surface area contributed by atoms with Crippen molar-refractivity contribution in [2.75, 3.05) is 25.0 Å². The molecule has 0 saturated heterocycles. The molecule has 2 rings (SSSR count). The molecule has 2 N–H and O–H groups in total. The molecule has 0 aliphatic carbocycles. The van der Waals surface area contributed by atoms with Crippen molar-refractivity contribution in [3.05, 3.63) is 23.2 Å². The van der Waals surface area contributed by atoms with Crippen LogP contribution in [0.2, 0.25) is 5.02 Å². The van der Waals surface area contributed by atoms with Gasteiger partial charge in [0.25, 0.3) is 0 Å². The molecule has 1 atom stereocenters. The number of carbonyl (C=O) groups excluding carboxylic acids is 2. The lowest BCUT2D eigenvalue weighted by Gasteiger charge is -2.26. The number of aliphatic hydroxyl groups is 1. The number of nitrogens with zero attached hydrogens (tertiary/aromatic N) is 1. The van der Waals surface area contributed by atoms with Gasteiger partial charge in [0.05, 0.1) is 17.5 Å². The summed E-state index contributed by atoms with van der Waals surface area (Å²) in [6.07, 6.45) is 0.117. The van der Waals surface area contributed by atoms with Gasteiger partial charge in [-0.05, 0) is 25.1 Å². The second kappa shape index (κ2) is 7.15. The van der Waals surface area contributed by atoms with Gasteiger partial charge in [-0.1, -0.05) is 11.6 Å². The van der Waals surface area contributed by atoms with Crippen LogP contribution < -0.4 is 5.32 Å². The zero-order valence-electron chi connectivity index (χ0n) is 11.6. The molecule has 1 heterocycles. The van der Waals surface area contributed by atoms with Crippen molar-refractivity contribution in [2.24, 2.45) is 0 Å². The van der Waals surface area contributed by atoms with Gasteiger partial charge < -0.3 is 15.3 Å². The van der Waals surface area contributed by atoms with Gasteiger partial charge >= 0.3 is 0 Å². The molecule has 0 saturated carbocycles. The minimum absolute atomic E-state index is 0.0785. The predicted molar refractivity (Wildman–Crippen MR) is 83.7 cm³/mol. The Morgan fingerprint density at radius 1 is 1.52 bits per heavy atom. The second-order valence-corrected chi connectivity index (χ2v) is 6.32. The van der Waals surface area contributed by atoms with Crippen LogP contribution in [0.25, 0.3) is 0 Å². The summed E-state index contributed by atoms with van der Waals surface area (Å²) in [4.78, 5) is 26.7. The molecule has 0 spiro atoms. The number of aliphatic hydroxyl groups excluding tert-OH is 1. The average Bonchev–Trinajstić information content (AvgIpc) is 2.45. The molecule has 5 nitrogen and oxygen atoms in total. The first-order chi connectivity index (χ1) is 10.0. The summed E-state index contributed by atoms with van der Waals surface area (Å²) < 4.78 is 0. The van der Waals surface area contributed by atoms with Crippen LogP contribution in [0.4, 0.5) is 5.69 Å². The number of halogens is 1. The minimum Gasteiger partial charge on any atom is -0.395 e. The molecule has 21 heavy (non-hydrogen) atoms. The topological polar surface area (TPSA) is 69.6 Å². The number of carbonyl (C=O) groups is 2. The molecule has 2 amide bonds. The van der Waals surface area contributed by atoms with E-state index in [1.54, 1.807) is 17.0 Å². The van der Waals surface area contributed by atoms with Crippen molar-refractivity contribution in [3.63, 3.8) is 0 Å². The number of rotatable bonds is 5. The van der Waals surface area contributed by atoms with Gasteiger partial charge in [-0.25, -0.2) is 0 Å². The lowest BCUT2D eigenvalue weighted by molar-refractivity contribution is -0.132. The molecule has 1 unspecified atom stereocenters. The maximum absolute atomic E-state index is 12.1. The van der Waals surface area contributed by atoms with Gasteiger partial charge in [0.15, 0.2) is 0 Å². The molecular formula is C14H17ClN2O3S. The van der Waals surface area contributed by atoms with Crippen molar-refractivity contribution >= 4 is 40.9 Å². The van der Waals surface area contributed by atoms with E-state index < -0.39 is 5.25 Å². The van der Waals surface area contributed by atoms with E-state index in [2.05, 4.69) is 5.32 Å². The monoisotopic (exact) mass is 328 g/mol. The lowest BCUT2D eigenvalue weighted by atomic mass is 10.2. The number of hydrogen-bond donors (Lipinski definition) is 2. The Balaban J connectivity index is 2.06. The van der Waals surface area contributed by atoms with E-state index in [1.165, 1.54) is 11.8 Å². The van der Waals surface area contributed by atoms with Crippen LogP contribution in [0, 0.1) is 0 Å². The third kappa shape index (κ3) is 3.90. The van der Waals surface area contributed by atoms with Gasteiger partial charge in [0.2, 0.25) is 11.8 Å². The van der Waals surface area contributed by atoms with E-state index in [9.17, 15) is 9.59 Å². The summed E-state index contributed by atoms with van der Waals surface area (Å²) in [5.41, 5.74) is 0.684. The van der Waals surface area contributed by atoms with Crippen molar-refractivity contribution in [2.45, 2.75) is 23.5 Å². The lowest BCUT2D eigenvalue weighted by Crippen LogP contribution is -2.38. The minimum atomic E-state index is -0.459. The summed E-state index contributed by atoms with van der Waals surface area (Å²) in [5, 5.41) is 11.8. The maximum Gasteiger partial charge on any atom is 0.238 e. The zero-order chi connectivity index (χ0) is 15.4. The van der Waals surface area contributed by atoms with Crippen LogP contribution >= 0.6 is 23.4 Å². The molecule has 1 aliphatic heterocycles.